The van der Waals surface area contributed by atoms with Crippen LogP contribution >= 0.6 is 15.9 Å². The van der Waals surface area contributed by atoms with E-state index in [0.717, 1.165) is 21.2 Å². The highest BCUT2D eigenvalue weighted by molar-refractivity contribution is 9.10. The summed E-state index contributed by atoms with van der Waals surface area (Å²) in [5.41, 5.74) is 3.66. The number of fused-ring (bicyclic) bond motifs is 1. The van der Waals surface area contributed by atoms with Gasteiger partial charge in [-0.15, -0.1) is 0 Å². The van der Waals surface area contributed by atoms with Crippen molar-refractivity contribution in [3.63, 3.8) is 0 Å². The first kappa shape index (κ1) is 17.5. The van der Waals surface area contributed by atoms with Crippen LogP contribution in [0.1, 0.15) is 18.0 Å². The summed E-state index contributed by atoms with van der Waals surface area (Å²) in [7, 11) is 0. The summed E-state index contributed by atoms with van der Waals surface area (Å²) in [4.78, 5) is 24.8. The Morgan fingerprint density at radius 1 is 1.19 bits per heavy atom. The Morgan fingerprint density at radius 2 is 1.89 bits per heavy atom. The minimum absolute atomic E-state index is 0.0178. The third-order valence-corrected chi connectivity index (χ3v) is 5.03. The molecule has 1 aliphatic rings. The molecule has 2 amide bonds. The van der Waals surface area contributed by atoms with Crippen LogP contribution < -0.4 is 10.6 Å². The standard InChI is InChI=1S/C20H17BrN4O2/c1-12-2-4-13(5-3-12)16-11-22-25-17(20(27)24-19(16)25)10-18(26)23-15-8-6-14(21)7-9-15/h2-9,11,17H,10H2,1H3,(H,23,26)(H,24,27). The molecule has 1 aliphatic heterocycles. The van der Waals surface area contributed by atoms with Gasteiger partial charge in [0, 0.05) is 15.7 Å². The second-order valence-electron chi connectivity index (χ2n) is 6.48. The fraction of sp³-hybridized carbons (Fsp3) is 0.150. The smallest absolute Gasteiger partial charge is 0.251 e. The molecule has 4 rings (SSSR count). The van der Waals surface area contributed by atoms with Gasteiger partial charge in [-0.2, -0.15) is 5.10 Å². The van der Waals surface area contributed by atoms with Crippen molar-refractivity contribution in [2.45, 2.75) is 19.4 Å². The van der Waals surface area contributed by atoms with Gasteiger partial charge in [0.1, 0.15) is 11.9 Å². The van der Waals surface area contributed by atoms with Gasteiger partial charge in [0.05, 0.1) is 12.6 Å². The first-order valence-corrected chi connectivity index (χ1v) is 9.31. The largest absolute Gasteiger partial charge is 0.326 e. The van der Waals surface area contributed by atoms with E-state index in [-0.39, 0.29) is 18.2 Å². The molecule has 0 aliphatic carbocycles. The average molecular weight is 425 g/mol. The lowest BCUT2D eigenvalue weighted by Gasteiger charge is -2.10. The molecule has 0 spiro atoms. The Morgan fingerprint density at radius 3 is 2.59 bits per heavy atom. The molecule has 27 heavy (non-hydrogen) atoms. The summed E-state index contributed by atoms with van der Waals surface area (Å²) < 4.78 is 2.53. The number of amides is 2. The third kappa shape index (κ3) is 3.50. The fourth-order valence-corrected chi connectivity index (χ4v) is 3.34. The Labute approximate surface area is 164 Å². The molecular formula is C20H17BrN4O2. The minimum atomic E-state index is -0.658. The summed E-state index contributed by atoms with van der Waals surface area (Å²) >= 11 is 3.36. The molecule has 7 heteroatoms. The lowest BCUT2D eigenvalue weighted by Crippen LogP contribution is -2.23. The number of halogens is 1. The van der Waals surface area contributed by atoms with E-state index in [1.54, 1.807) is 23.0 Å². The summed E-state index contributed by atoms with van der Waals surface area (Å²) in [5.74, 6) is 0.167. The van der Waals surface area contributed by atoms with Crippen LogP contribution in [0.5, 0.6) is 0 Å². The van der Waals surface area contributed by atoms with Gasteiger partial charge in [0.25, 0.3) is 5.91 Å². The van der Waals surface area contributed by atoms with Crippen molar-refractivity contribution in [3.8, 4) is 11.1 Å². The van der Waals surface area contributed by atoms with Crippen LogP contribution in [-0.2, 0) is 9.59 Å². The number of rotatable bonds is 4. The fourth-order valence-electron chi connectivity index (χ4n) is 3.08. The van der Waals surface area contributed by atoms with E-state index < -0.39 is 6.04 Å². The molecule has 0 fully saturated rings. The number of anilines is 2. The van der Waals surface area contributed by atoms with Gasteiger partial charge < -0.3 is 10.6 Å². The van der Waals surface area contributed by atoms with Gasteiger partial charge in [-0.3, -0.25) is 9.59 Å². The molecule has 2 aromatic carbocycles. The molecule has 6 nitrogen and oxygen atoms in total. The van der Waals surface area contributed by atoms with Gasteiger partial charge in [-0.1, -0.05) is 45.8 Å². The molecule has 0 saturated carbocycles. The van der Waals surface area contributed by atoms with E-state index in [9.17, 15) is 9.59 Å². The van der Waals surface area contributed by atoms with Crippen LogP contribution in [0.3, 0.4) is 0 Å². The van der Waals surface area contributed by atoms with E-state index >= 15 is 0 Å². The van der Waals surface area contributed by atoms with E-state index in [2.05, 4.69) is 31.7 Å². The maximum absolute atomic E-state index is 12.4. The number of benzene rings is 2. The number of carbonyl (C=O) groups is 2. The highest BCUT2D eigenvalue weighted by Crippen LogP contribution is 2.35. The molecule has 0 radical (unpaired) electrons. The molecule has 1 unspecified atom stereocenters. The van der Waals surface area contributed by atoms with Crippen LogP contribution in [0.25, 0.3) is 11.1 Å². The highest BCUT2D eigenvalue weighted by Gasteiger charge is 2.35. The van der Waals surface area contributed by atoms with Gasteiger partial charge in [-0.25, -0.2) is 4.68 Å². The molecule has 3 aromatic rings. The normalized spacial score (nSPS) is 15.3. The monoisotopic (exact) mass is 424 g/mol. The van der Waals surface area contributed by atoms with Crippen molar-refractivity contribution in [3.05, 3.63) is 64.8 Å². The molecule has 136 valence electrons. The number of nitrogens with zero attached hydrogens (tertiary/aromatic N) is 2. The van der Waals surface area contributed by atoms with Crippen molar-refractivity contribution < 1.29 is 9.59 Å². The second kappa shape index (κ2) is 7.00. The Hall–Kier alpha value is -2.93. The van der Waals surface area contributed by atoms with E-state index in [1.165, 1.54) is 0 Å². The van der Waals surface area contributed by atoms with Crippen molar-refractivity contribution in [2.75, 3.05) is 10.6 Å². The van der Waals surface area contributed by atoms with E-state index in [0.29, 0.717) is 11.5 Å². The molecule has 2 heterocycles. The maximum Gasteiger partial charge on any atom is 0.251 e. The summed E-state index contributed by atoms with van der Waals surface area (Å²) in [6.07, 6.45) is 1.74. The molecule has 0 saturated heterocycles. The number of aryl methyl sites for hydroxylation is 1. The Bertz CT molecular complexity index is 1010. The topological polar surface area (TPSA) is 76.0 Å². The van der Waals surface area contributed by atoms with Crippen molar-refractivity contribution >= 4 is 39.2 Å². The van der Waals surface area contributed by atoms with Gasteiger partial charge in [0.15, 0.2) is 0 Å². The van der Waals surface area contributed by atoms with Gasteiger partial charge in [-0.05, 0) is 36.8 Å². The second-order valence-corrected chi connectivity index (χ2v) is 7.40. The van der Waals surface area contributed by atoms with E-state index in [4.69, 9.17) is 0 Å². The molecule has 0 bridgehead atoms. The predicted molar refractivity (Wildman–Crippen MR) is 107 cm³/mol. The molecule has 2 N–H and O–H groups in total. The summed E-state index contributed by atoms with van der Waals surface area (Å²) in [6, 6.07) is 14.6. The van der Waals surface area contributed by atoms with Crippen LogP contribution in [0.4, 0.5) is 11.5 Å². The number of hydrogen-bond acceptors (Lipinski definition) is 3. The lowest BCUT2D eigenvalue weighted by molar-refractivity contribution is -0.123. The van der Waals surface area contributed by atoms with Crippen LogP contribution in [-0.4, -0.2) is 21.6 Å². The van der Waals surface area contributed by atoms with E-state index in [1.807, 2.05) is 43.3 Å². The van der Waals surface area contributed by atoms with Crippen molar-refractivity contribution in [1.29, 1.82) is 0 Å². The molecule has 1 atom stereocenters. The van der Waals surface area contributed by atoms with Gasteiger partial charge >= 0.3 is 0 Å². The van der Waals surface area contributed by atoms with Crippen LogP contribution in [0.15, 0.2) is 59.2 Å². The predicted octanol–water partition coefficient (Wildman–Crippen LogP) is 4.14. The first-order valence-electron chi connectivity index (χ1n) is 8.52. The van der Waals surface area contributed by atoms with Gasteiger partial charge in [0.2, 0.25) is 5.91 Å². The van der Waals surface area contributed by atoms with Crippen molar-refractivity contribution in [2.24, 2.45) is 0 Å². The highest BCUT2D eigenvalue weighted by atomic mass is 79.9. The third-order valence-electron chi connectivity index (χ3n) is 4.50. The summed E-state index contributed by atoms with van der Waals surface area (Å²) in [6.45, 7) is 2.02. The quantitative estimate of drug-likeness (QED) is 0.660. The molecule has 1 aromatic heterocycles. The number of nitrogens with one attached hydrogen (secondary N) is 2. The average Bonchev–Trinajstić information content (AvgIpc) is 3.18. The van der Waals surface area contributed by atoms with Crippen LogP contribution in [0.2, 0.25) is 0 Å². The number of carbonyl (C=O) groups excluding carboxylic acids is 2. The Balaban J connectivity index is 1.52. The lowest BCUT2D eigenvalue weighted by atomic mass is 10.1. The minimum Gasteiger partial charge on any atom is -0.326 e. The SMILES string of the molecule is Cc1ccc(-c2cnn3c2NC(=O)C3CC(=O)Nc2ccc(Br)cc2)cc1. The number of aromatic nitrogens is 2. The zero-order valence-electron chi connectivity index (χ0n) is 14.6. The van der Waals surface area contributed by atoms with Crippen molar-refractivity contribution in [1.82, 2.24) is 9.78 Å². The zero-order valence-corrected chi connectivity index (χ0v) is 16.2. The summed E-state index contributed by atoms with van der Waals surface area (Å²) in [5, 5.41) is 10.0. The number of hydrogen-bond donors (Lipinski definition) is 2. The van der Waals surface area contributed by atoms with Crippen LogP contribution in [0, 0.1) is 6.92 Å². The Kier molecular flexibility index (Phi) is 4.53. The molecular weight excluding hydrogens is 408 g/mol. The first-order chi connectivity index (χ1) is 13.0. The zero-order chi connectivity index (χ0) is 19.0. The maximum atomic E-state index is 12.4.